The van der Waals surface area contributed by atoms with Crippen LogP contribution in [-0.4, -0.2) is 35.9 Å². The lowest BCUT2D eigenvalue weighted by Crippen LogP contribution is -2.30. The molecule has 0 saturated carbocycles. The number of amides is 1. The summed E-state index contributed by atoms with van der Waals surface area (Å²) in [7, 11) is 1.64. The zero-order chi connectivity index (χ0) is 26.5. The number of hydrogen-bond acceptors (Lipinski definition) is 5. The lowest BCUT2D eigenvalue weighted by molar-refractivity contribution is -0.113. The van der Waals surface area contributed by atoms with Crippen LogP contribution in [-0.2, 0) is 11.3 Å². The quantitative estimate of drug-likeness (QED) is 0.160. The number of thiocarbonyl (C=S) groups is 1. The monoisotopic (exact) mass is 527 g/mol. The third kappa shape index (κ3) is 5.21. The molecule has 1 fully saturated rings. The topological polar surface area (TPSA) is 65.0 Å². The van der Waals surface area contributed by atoms with Gasteiger partial charge < -0.3 is 24.1 Å². The molecule has 1 saturated heterocycles. The van der Waals surface area contributed by atoms with Crippen molar-refractivity contribution in [3.05, 3.63) is 90.3 Å². The number of rotatable bonds is 10. The second kappa shape index (κ2) is 11.4. The minimum Gasteiger partial charge on any atom is -0.494 e. The van der Waals surface area contributed by atoms with Crippen LogP contribution in [0, 0.1) is 0 Å². The Morgan fingerprint density at radius 1 is 0.947 bits per heavy atom. The van der Waals surface area contributed by atoms with Gasteiger partial charge in [0.2, 0.25) is 0 Å². The van der Waals surface area contributed by atoms with E-state index in [0.29, 0.717) is 29.7 Å². The van der Waals surface area contributed by atoms with Crippen molar-refractivity contribution in [2.75, 3.05) is 25.2 Å². The molecule has 0 atom stereocenters. The number of carbonyl (C=O) groups excluding carboxylic acids is 1. The Labute approximate surface area is 227 Å². The smallest absolute Gasteiger partial charge is 0.281 e. The average molecular weight is 528 g/mol. The lowest BCUT2D eigenvalue weighted by atomic mass is 10.1. The van der Waals surface area contributed by atoms with Crippen LogP contribution in [0.4, 0.5) is 5.69 Å². The number of carbonyl (C=O) groups is 1. The highest BCUT2D eigenvalue weighted by Crippen LogP contribution is 2.29. The van der Waals surface area contributed by atoms with Gasteiger partial charge in [0.05, 0.1) is 26.0 Å². The highest BCUT2D eigenvalue weighted by Gasteiger charge is 2.32. The molecular weight excluding hydrogens is 498 g/mol. The highest BCUT2D eigenvalue weighted by atomic mass is 32.1. The first-order valence-corrected chi connectivity index (χ1v) is 12.9. The van der Waals surface area contributed by atoms with Crippen LogP contribution in [0.1, 0.15) is 18.9 Å². The molecule has 0 radical (unpaired) electrons. The highest BCUT2D eigenvalue weighted by molar-refractivity contribution is 7.80. The van der Waals surface area contributed by atoms with Gasteiger partial charge in [-0.3, -0.25) is 9.69 Å². The molecule has 1 N–H and O–H groups in total. The predicted octanol–water partition coefficient (Wildman–Crippen LogP) is 5.78. The number of methoxy groups -OCH3 is 1. The molecule has 5 rings (SSSR count). The number of aromatic nitrogens is 1. The molecule has 0 unspecified atom stereocenters. The van der Waals surface area contributed by atoms with E-state index in [2.05, 4.69) is 28.2 Å². The van der Waals surface area contributed by atoms with Crippen molar-refractivity contribution < 1.29 is 19.0 Å². The van der Waals surface area contributed by atoms with Gasteiger partial charge in [0, 0.05) is 29.2 Å². The first-order valence-electron chi connectivity index (χ1n) is 12.5. The summed E-state index contributed by atoms with van der Waals surface area (Å²) in [6.45, 7) is 3.82. The van der Waals surface area contributed by atoms with Gasteiger partial charge in [0.25, 0.3) is 5.91 Å². The summed E-state index contributed by atoms with van der Waals surface area (Å²) in [5, 5.41) is 4.50. The molecular formula is C30H29N3O4S. The fourth-order valence-electron chi connectivity index (χ4n) is 4.51. The maximum atomic E-state index is 13.3. The number of benzene rings is 3. The number of hydrogen-bond donors (Lipinski definition) is 1. The molecule has 1 aliphatic heterocycles. The SMILES string of the molecule is CCOc1ccc(N2C(=O)/C(=C/c3cn(CCCOc4ccccc4OC)c4ccccc34)NC2=S)cc1. The lowest BCUT2D eigenvalue weighted by Gasteiger charge is -2.14. The van der Waals surface area contributed by atoms with Crippen LogP contribution in [0.2, 0.25) is 0 Å². The fraction of sp³-hybridized carbons (Fsp3) is 0.200. The largest absolute Gasteiger partial charge is 0.494 e. The van der Waals surface area contributed by atoms with E-state index in [-0.39, 0.29) is 5.91 Å². The summed E-state index contributed by atoms with van der Waals surface area (Å²) in [6.07, 6.45) is 4.74. The van der Waals surface area contributed by atoms with Gasteiger partial charge >= 0.3 is 0 Å². The average Bonchev–Trinajstić information content (AvgIpc) is 3.43. The predicted molar refractivity (Wildman–Crippen MR) is 154 cm³/mol. The molecule has 0 aliphatic carbocycles. The third-order valence-electron chi connectivity index (χ3n) is 6.27. The molecule has 1 aliphatic rings. The van der Waals surface area contributed by atoms with Crippen LogP contribution in [0.15, 0.2) is 84.7 Å². The zero-order valence-corrected chi connectivity index (χ0v) is 22.2. The number of para-hydroxylation sites is 3. The van der Waals surface area contributed by atoms with Gasteiger partial charge in [0.15, 0.2) is 16.6 Å². The van der Waals surface area contributed by atoms with Crippen molar-refractivity contribution in [2.45, 2.75) is 19.9 Å². The number of ether oxygens (including phenoxy) is 3. The summed E-state index contributed by atoms with van der Waals surface area (Å²) < 4.78 is 19.0. The molecule has 38 heavy (non-hydrogen) atoms. The van der Waals surface area contributed by atoms with Gasteiger partial charge in [-0.15, -0.1) is 0 Å². The Balaban J connectivity index is 1.32. The summed E-state index contributed by atoms with van der Waals surface area (Å²) >= 11 is 5.50. The second-order valence-corrected chi connectivity index (χ2v) is 9.09. The molecule has 1 amide bonds. The van der Waals surface area contributed by atoms with Crippen molar-refractivity contribution >= 4 is 45.9 Å². The molecule has 0 bridgehead atoms. The Bertz CT molecular complexity index is 1490. The van der Waals surface area contributed by atoms with E-state index >= 15 is 0 Å². The van der Waals surface area contributed by atoms with E-state index in [4.69, 9.17) is 26.4 Å². The van der Waals surface area contributed by atoms with Gasteiger partial charge in [0.1, 0.15) is 11.4 Å². The number of aryl methyl sites for hydroxylation is 1. The van der Waals surface area contributed by atoms with E-state index in [1.165, 1.54) is 4.90 Å². The van der Waals surface area contributed by atoms with Crippen LogP contribution in [0.3, 0.4) is 0 Å². The van der Waals surface area contributed by atoms with E-state index in [1.54, 1.807) is 7.11 Å². The number of nitrogens with zero attached hydrogens (tertiary/aromatic N) is 2. The van der Waals surface area contributed by atoms with Gasteiger partial charge in [-0.2, -0.15) is 0 Å². The van der Waals surface area contributed by atoms with E-state index in [9.17, 15) is 4.79 Å². The van der Waals surface area contributed by atoms with Crippen LogP contribution < -0.4 is 24.4 Å². The number of nitrogens with one attached hydrogen (secondary N) is 1. The van der Waals surface area contributed by atoms with Crippen LogP contribution in [0.5, 0.6) is 17.2 Å². The number of anilines is 1. The molecule has 3 aromatic carbocycles. The Morgan fingerprint density at radius 3 is 2.45 bits per heavy atom. The molecule has 2 heterocycles. The van der Waals surface area contributed by atoms with Crippen molar-refractivity contribution in [1.29, 1.82) is 0 Å². The van der Waals surface area contributed by atoms with Crippen molar-refractivity contribution in [2.24, 2.45) is 0 Å². The van der Waals surface area contributed by atoms with Gasteiger partial charge in [-0.25, -0.2) is 0 Å². The summed E-state index contributed by atoms with van der Waals surface area (Å²) in [6, 6.07) is 23.1. The second-order valence-electron chi connectivity index (χ2n) is 8.70. The summed E-state index contributed by atoms with van der Waals surface area (Å²) in [4.78, 5) is 14.8. The molecule has 8 heteroatoms. The van der Waals surface area contributed by atoms with Crippen LogP contribution in [0.25, 0.3) is 17.0 Å². The molecule has 0 spiro atoms. The van der Waals surface area contributed by atoms with Crippen molar-refractivity contribution in [3.63, 3.8) is 0 Å². The van der Waals surface area contributed by atoms with Crippen molar-refractivity contribution in [1.82, 2.24) is 9.88 Å². The molecule has 4 aromatic rings. The molecule has 194 valence electrons. The Kier molecular flexibility index (Phi) is 7.60. The summed E-state index contributed by atoms with van der Waals surface area (Å²) in [5.74, 6) is 2.01. The van der Waals surface area contributed by atoms with E-state index in [1.807, 2.05) is 73.7 Å². The summed E-state index contributed by atoms with van der Waals surface area (Å²) in [5.41, 5.74) is 3.16. The van der Waals surface area contributed by atoms with E-state index in [0.717, 1.165) is 46.7 Å². The van der Waals surface area contributed by atoms with Gasteiger partial charge in [-0.1, -0.05) is 30.3 Å². The molecule has 1 aromatic heterocycles. The maximum absolute atomic E-state index is 13.3. The number of fused-ring (bicyclic) bond motifs is 1. The minimum atomic E-state index is -0.193. The third-order valence-corrected chi connectivity index (χ3v) is 6.56. The maximum Gasteiger partial charge on any atom is 0.281 e. The normalized spacial score (nSPS) is 14.3. The standard InChI is InChI=1S/C30H29N3O4S/c1-3-36-23-15-13-22(14-16-23)33-29(34)25(31-30(33)38)19-21-20-32(26-10-5-4-9-24(21)26)17-8-18-37-28-12-7-6-11-27(28)35-2/h4-7,9-16,19-20H,3,8,17-18H2,1-2H3,(H,31,38)/b25-19-. The minimum absolute atomic E-state index is 0.193. The van der Waals surface area contributed by atoms with Crippen molar-refractivity contribution in [3.8, 4) is 17.2 Å². The van der Waals surface area contributed by atoms with E-state index < -0.39 is 0 Å². The van der Waals surface area contributed by atoms with Gasteiger partial charge in [-0.05, 0) is 74.1 Å². The zero-order valence-electron chi connectivity index (χ0n) is 21.3. The first kappa shape index (κ1) is 25.4. The Hall–Kier alpha value is -4.30. The Morgan fingerprint density at radius 2 is 1.68 bits per heavy atom. The molecule has 7 nitrogen and oxygen atoms in total. The fourth-order valence-corrected chi connectivity index (χ4v) is 4.81. The first-order chi connectivity index (χ1) is 18.6. The van der Waals surface area contributed by atoms with Crippen LogP contribution >= 0.6 is 12.2 Å².